The van der Waals surface area contributed by atoms with Gasteiger partial charge < -0.3 is 14.4 Å². The van der Waals surface area contributed by atoms with Crippen molar-refractivity contribution in [3.63, 3.8) is 0 Å². The number of fused-ring (bicyclic) bond motifs is 2. The summed E-state index contributed by atoms with van der Waals surface area (Å²) in [5.41, 5.74) is 2.67. The lowest BCUT2D eigenvalue weighted by Gasteiger charge is -2.21. The standard InChI is InChI=1S/C15H17NO3/c1-16-11-6-4-3-5-10(11)15(18)14-12(16)7-9(19-2)8-13(14)17/h7-8,17H,3-6H2,1-2H3. The second kappa shape index (κ2) is 4.30. The van der Waals surface area contributed by atoms with Crippen LogP contribution in [0.1, 0.15) is 24.1 Å². The monoisotopic (exact) mass is 259 g/mol. The zero-order valence-corrected chi connectivity index (χ0v) is 11.2. The summed E-state index contributed by atoms with van der Waals surface area (Å²) in [6, 6.07) is 3.31. The van der Waals surface area contributed by atoms with Crippen molar-refractivity contribution in [2.45, 2.75) is 25.7 Å². The van der Waals surface area contributed by atoms with Gasteiger partial charge in [-0.1, -0.05) is 0 Å². The van der Waals surface area contributed by atoms with Crippen molar-refractivity contribution in [2.75, 3.05) is 7.11 Å². The van der Waals surface area contributed by atoms with E-state index in [9.17, 15) is 9.90 Å². The molecule has 0 aliphatic heterocycles. The molecule has 0 radical (unpaired) electrons. The van der Waals surface area contributed by atoms with Crippen LogP contribution in [0.15, 0.2) is 16.9 Å². The molecule has 1 aromatic heterocycles. The van der Waals surface area contributed by atoms with Crippen molar-refractivity contribution >= 4 is 10.9 Å². The molecule has 0 atom stereocenters. The summed E-state index contributed by atoms with van der Waals surface area (Å²) in [6.07, 6.45) is 3.89. The van der Waals surface area contributed by atoms with Gasteiger partial charge in [0.2, 0.25) is 0 Å². The highest BCUT2D eigenvalue weighted by Crippen LogP contribution is 2.31. The number of pyridine rings is 1. The summed E-state index contributed by atoms with van der Waals surface area (Å²) in [6.45, 7) is 0. The Morgan fingerprint density at radius 1 is 1.26 bits per heavy atom. The fraction of sp³-hybridized carbons (Fsp3) is 0.400. The SMILES string of the molecule is COc1cc(O)c2c(=O)c3c(n(C)c2c1)CCCC3. The second-order valence-corrected chi connectivity index (χ2v) is 5.06. The first-order valence-electron chi connectivity index (χ1n) is 6.55. The van der Waals surface area contributed by atoms with E-state index >= 15 is 0 Å². The lowest BCUT2D eigenvalue weighted by Crippen LogP contribution is -2.22. The molecule has 0 spiro atoms. The van der Waals surface area contributed by atoms with Crippen molar-refractivity contribution < 1.29 is 9.84 Å². The fourth-order valence-corrected chi connectivity index (χ4v) is 3.00. The molecule has 0 fully saturated rings. The van der Waals surface area contributed by atoms with Crippen LogP contribution in [0.25, 0.3) is 10.9 Å². The van der Waals surface area contributed by atoms with Gasteiger partial charge in [0.05, 0.1) is 18.0 Å². The Morgan fingerprint density at radius 3 is 2.74 bits per heavy atom. The van der Waals surface area contributed by atoms with E-state index < -0.39 is 0 Å². The van der Waals surface area contributed by atoms with Crippen molar-refractivity contribution in [3.8, 4) is 11.5 Å². The Labute approximate surface area is 111 Å². The molecule has 1 N–H and O–H groups in total. The van der Waals surface area contributed by atoms with Gasteiger partial charge in [-0.3, -0.25) is 4.79 Å². The molecular formula is C15H17NO3. The van der Waals surface area contributed by atoms with Crippen LogP contribution in [-0.4, -0.2) is 16.8 Å². The average molecular weight is 259 g/mol. The summed E-state index contributed by atoms with van der Waals surface area (Å²) in [4.78, 5) is 12.5. The number of aromatic hydroxyl groups is 1. The van der Waals surface area contributed by atoms with Gasteiger partial charge in [-0.15, -0.1) is 0 Å². The zero-order chi connectivity index (χ0) is 13.6. The molecule has 3 rings (SSSR count). The lowest BCUT2D eigenvalue weighted by molar-refractivity contribution is 0.409. The molecule has 4 heteroatoms. The predicted octanol–water partition coefficient (Wildman–Crippen LogP) is 2.13. The Morgan fingerprint density at radius 2 is 2.00 bits per heavy atom. The first-order valence-corrected chi connectivity index (χ1v) is 6.55. The normalized spacial score (nSPS) is 14.4. The third-order valence-corrected chi connectivity index (χ3v) is 4.01. The van der Waals surface area contributed by atoms with Crippen LogP contribution in [0.3, 0.4) is 0 Å². The Balaban J connectivity index is 2.47. The molecule has 2 aromatic rings. The molecule has 1 aliphatic rings. The van der Waals surface area contributed by atoms with Crippen molar-refractivity contribution in [3.05, 3.63) is 33.6 Å². The molecule has 19 heavy (non-hydrogen) atoms. The number of hydrogen-bond acceptors (Lipinski definition) is 3. The predicted molar refractivity (Wildman–Crippen MR) is 74.0 cm³/mol. The average Bonchev–Trinajstić information content (AvgIpc) is 2.44. The summed E-state index contributed by atoms with van der Waals surface area (Å²) in [5, 5.41) is 10.5. The van der Waals surface area contributed by atoms with E-state index in [0.29, 0.717) is 11.1 Å². The van der Waals surface area contributed by atoms with E-state index in [1.807, 2.05) is 17.7 Å². The first kappa shape index (κ1) is 12.1. The molecule has 4 nitrogen and oxygen atoms in total. The van der Waals surface area contributed by atoms with E-state index in [1.165, 1.54) is 6.07 Å². The number of methoxy groups -OCH3 is 1. The van der Waals surface area contributed by atoms with Crippen LogP contribution < -0.4 is 10.2 Å². The van der Waals surface area contributed by atoms with E-state index in [0.717, 1.165) is 42.5 Å². The zero-order valence-electron chi connectivity index (χ0n) is 11.2. The topological polar surface area (TPSA) is 51.5 Å². The summed E-state index contributed by atoms with van der Waals surface area (Å²) in [7, 11) is 3.50. The quantitative estimate of drug-likeness (QED) is 0.853. The van der Waals surface area contributed by atoms with Crippen LogP contribution in [0.4, 0.5) is 0 Å². The van der Waals surface area contributed by atoms with Gasteiger partial charge in [0, 0.05) is 30.4 Å². The molecule has 1 heterocycles. The molecular weight excluding hydrogens is 242 g/mol. The van der Waals surface area contributed by atoms with Crippen LogP contribution in [0, 0.1) is 0 Å². The smallest absolute Gasteiger partial charge is 0.196 e. The van der Waals surface area contributed by atoms with Crippen LogP contribution >= 0.6 is 0 Å². The van der Waals surface area contributed by atoms with Crippen molar-refractivity contribution in [2.24, 2.45) is 7.05 Å². The van der Waals surface area contributed by atoms with Gasteiger partial charge in [0.25, 0.3) is 0 Å². The number of hydrogen-bond donors (Lipinski definition) is 1. The minimum Gasteiger partial charge on any atom is -0.507 e. The summed E-state index contributed by atoms with van der Waals surface area (Å²) >= 11 is 0. The van der Waals surface area contributed by atoms with Gasteiger partial charge >= 0.3 is 0 Å². The Hall–Kier alpha value is -1.97. The minimum atomic E-state index is -0.0250. The maximum absolute atomic E-state index is 12.5. The maximum Gasteiger partial charge on any atom is 0.196 e. The van der Waals surface area contributed by atoms with E-state index in [2.05, 4.69) is 0 Å². The molecule has 100 valence electrons. The van der Waals surface area contributed by atoms with Crippen LogP contribution in [-0.2, 0) is 19.9 Å². The van der Waals surface area contributed by atoms with Gasteiger partial charge in [0.15, 0.2) is 5.43 Å². The van der Waals surface area contributed by atoms with Crippen LogP contribution in [0.2, 0.25) is 0 Å². The van der Waals surface area contributed by atoms with Gasteiger partial charge in [-0.2, -0.15) is 0 Å². The highest BCUT2D eigenvalue weighted by atomic mass is 16.5. The highest BCUT2D eigenvalue weighted by molar-refractivity contribution is 5.87. The molecule has 1 aliphatic carbocycles. The summed E-state index contributed by atoms with van der Waals surface area (Å²) in [5.74, 6) is 0.569. The number of phenols is 1. The van der Waals surface area contributed by atoms with Gasteiger partial charge in [-0.25, -0.2) is 0 Å². The Bertz CT molecular complexity index is 716. The third-order valence-electron chi connectivity index (χ3n) is 4.01. The highest BCUT2D eigenvalue weighted by Gasteiger charge is 2.20. The number of benzene rings is 1. The molecule has 0 bridgehead atoms. The molecule has 0 saturated carbocycles. The van der Waals surface area contributed by atoms with Crippen LogP contribution in [0.5, 0.6) is 11.5 Å². The second-order valence-electron chi connectivity index (χ2n) is 5.06. The maximum atomic E-state index is 12.5. The summed E-state index contributed by atoms with van der Waals surface area (Å²) < 4.78 is 7.19. The molecule has 0 saturated heterocycles. The largest absolute Gasteiger partial charge is 0.507 e. The van der Waals surface area contributed by atoms with Gasteiger partial charge in [0.1, 0.15) is 11.5 Å². The number of ether oxygens (including phenoxy) is 1. The lowest BCUT2D eigenvalue weighted by atomic mass is 9.93. The number of aryl methyl sites for hydroxylation is 1. The Kier molecular flexibility index (Phi) is 2.73. The number of rotatable bonds is 1. The minimum absolute atomic E-state index is 0.00308. The fourth-order valence-electron chi connectivity index (χ4n) is 3.00. The van der Waals surface area contributed by atoms with Gasteiger partial charge in [-0.05, 0) is 25.7 Å². The number of nitrogens with zero attached hydrogens (tertiary/aromatic N) is 1. The van der Waals surface area contributed by atoms with E-state index in [-0.39, 0.29) is 11.2 Å². The molecule has 0 unspecified atom stereocenters. The molecule has 0 amide bonds. The molecule has 1 aromatic carbocycles. The van der Waals surface area contributed by atoms with Crippen molar-refractivity contribution in [1.29, 1.82) is 0 Å². The van der Waals surface area contributed by atoms with Crippen molar-refractivity contribution in [1.82, 2.24) is 4.57 Å². The van der Waals surface area contributed by atoms with E-state index in [4.69, 9.17) is 4.74 Å². The number of aromatic nitrogens is 1. The number of phenolic OH excluding ortho intramolecular Hbond substituents is 1. The third kappa shape index (κ3) is 1.70. The van der Waals surface area contributed by atoms with E-state index in [1.54, 1.807) is 7.11 Å². The first-order chi connectivity index (χ1) is 9.13.